The lowest BCUT2D eigenvalue weighted by atomic mass is 10.1. The molecule has 2 aromatic rings. The number of carbonyl (C=O) groups excluding carboxylic acids is 1. The molecular weight excluding hydrogens is 330 g/mol. The fraction of sp³-hybridized carbons (Fsp3) is 0.125. The number of benzene rings is 2. The van der Waals surface area contributed by atoms with E-state index in [4.69, 9.17) is 11.0 Å². The van der Waals surface area contributed by atoms with Gasteiger partial charge >= 0.3 is 0 Å². The van der Waals surface area contributed by atoms with Crippen molar-refractivity contribution in [3.63, 3.8) is 0 Å². The van der Waals surface area contributed by atoms with Crippen LogP contribution in [0, 0.1) is 11.3 Å². The van der Waals surface area contributed by atoms with Gasteiger partial charge in [0.2, 0.25) is 0 Å². The van der Waals surface area contributed by atoms with E-state index in [1.165, 1.54) is 0 Å². The van der Waals surface area contributed by atoms with Crippen molar-refractivity contribution in [2.75, 3.05) is 17.2 Å². The predicted octanol–water partition coefficient (Wildman–Crippen LogP) is 3.59. The second-order valence-electron chi connectivity index (χ2n) is 4.43. The van der Waals surface area contributed by atoms with Gasteiger partial charge in [-0.3, -0.25) is 4.79 Å². The molecule has 0 atom stereocenters. The Kier molecular flexibility index (Phi) is 4.96. The molecule has 1 amide bonds. The van der Waals surface area contributed by atoms with Gasteiger partial charge in [0, 0.05) is 22.4 Å². The van der Waals surface area contributed by atoms with Crippen LogP contribution in [0.25, 0.3) is 0 Å². The minimum atomic E-state index is -0.213. The van der Waals surface area contributed by atoms with Gasteiger partial charge in [0.15, 0.2) is 0 Å². The van der Waals surface area contributed by atoms with Gasteiger partial charge in [-0.2, -0.15) is 5.26 Å². The number of rotatable bonds is 4. The number of amides is 1. The summed E-state index contributed by atoms with van der Waals surface area (Å²) >= 11 is 3.34. The monoisotopic (exact) mass is 343 g/mol. The standard InChI is InChI=1S/C16H14BrN3O/c17-12-7-8-15(19)14(11-12)16(21)20(10-4-9-18)13-5-2-1-3-6-13/h1-3,5-8,11H,4,10,19H2. The molecule has 21 heavy (non-hydrogen) atoms. The quantitative estimate of drug-likeness (QED) is 0.862. The lowest BCUT2D eigenvalue weighted by Crippen LogP contribution is -2.32. The fourth-order valence-electron chi connectivity index (χ4n) is 1.98. The van der Waals surface area contributed by atoms with Crippen LogP contribution < -0.4 is 10.6 Å². The Morgan fingerprint density at radius 1 is 1.24 bits per heavy atom. The first-order chi connectivity index (χ1) is 10.1. The molecule has 0 aliphatic heterocycles. The van der Waals surface area contributed by atoms with E-state index < -0.39 is 0 Å². The molecule has 106 valence electrons. The van der Waals surface area contributed by atoms with E-state index >= 15 is 0 Å². The van der Waals surface area contributed by atoms with Gasteiger partial charge in [-0.15, -0.1) is 0 Å². The summed E-state index contributed by atoms with van der Waals surface area (Å²) < 4.78 is 0.786. The van der Waals surface area contributed by atoms with Gasteiger partial charge in [-0.1, -0.05) is 34.1 Å². The summed E-state index contributed by atoms with van der Waals surface area (Å²) in [5.74, 6) is -0.213. The van der Waals surface area contributed by atoms with Crippen LogP contribution in [0.4, 0.5) is 11.4 Å². The van der Waals surface area contributed by atoms with E-state index in [0.717, 1.165) is 10.2 Å². The molecule has 0 aromatic heterocycles. The minimum absolute atomic E-state index is 0.213. The van der Waals surface area contributed by atoms with Gasteiger partial charge in [0.05, 0.1) is 18.1 Å². The van der Waals surface area contributed by atoms with Crippen LogP contribution in [0.1, 0.15) is 16.8 Å². The van der Waals surface area contributed by atoms with Crippen LogP contribution in [0.15, 0.2) is 53.0 Å². The van der Waals surface area contributed by atoms with Crippen molar-refractivity contribution in [3.8, 4) is 6.07 Å². The van der Waals surface area contributed by atoms with Crippen molar-refractivity contribution in [2.24, 2.45) is 0 Å². The van der Waals surface area contributed by atoms with Gasteiger partial charge in [0.25, 0.3) is 5.91 Å². The number of hydrogen-bond donors (Lipinski definition) is 1. The van der Waals surface area contributed by atoms with Crippen molar-refractivity contribution in [2.45, 2.75) is 6.42 Å². The summed E-state index contributed by atoms with van der Waals surface area (Å²) in [6.07, 6.45) is 0.258. The molecule has 0 unspecified atom stereocenters. The van der Waals surface area contributed by atoms with Crippen LogP contribution in [0.3, 0.4) is 0 Å². The molecule has 0 fully saturated rings. The van der Waals surface area contributed by atoms with E-state index in [0.29, 0.717) is 17.8 Å². The zero-order chi connectivity index (χ0) is 15.2. The number of carbonyl (C=O) groups is 1. The van der Waals surface area contributed by atoms with E-state index in [2.05, 4.69) is 22.0 Å². The molecule has 0 radical (unpaired) electrons. The van der Waals surface area contributed by atoms with E-state index in [1.54, 1.807) is 23.1 Å². The highest BCUT2D eigenvalue weighted by molar-refractivity contribution is 9.10. The molecule has 2 N–H and O–H groups in total. The van der Waals surface area contributed by atoms with Crippen molar-refractivity contribution in [3.05, 3.63) is 58.6 Å². The highest BCUT2D eigenvalue weighted by atomic mass is 79.9. The minimum Gasteiger partial charge on any atom is -0.398 e. The molecule has 2 rings (SSSR count). The number of nitrogen functional groups attached to an aromatic ring is 1. The van der Waals surface area contributed by atoms with Crippen LogP contribution in [-0.2, 0) is 0 Å². The largest absolute Gasteiger partial charge is 0.398 e. The normalized spacial score (nSPS) is 9.90. The Hall–Kier alpha value is -2.32. The summed E-state index contributed by atoms with van der Waals surface area (Å²) in [4.78, 5) is 14.3. The molecule has 0 heterocycles. The van der Waals surface area contributed by atoms with E-state index in [1.807, 2.05) is 30.3 Å². The van der Waals surface area contributed by atoms with E-state index in [-0.39, 0.29) is 12.3 Å². The third-order valence-electron chi connectivity index (χ3n) is 3.01. The highest BCUT2D eigenvalue weighted by Crippen LogP contribution is 2.23. The maximum absolute atomic E-state index is 12.7. The van der Waals surface area contributed by atoms with Crippen molar-refractivity contribution < 1.29 is 4.79 Å². The summed E-state index contributed by atoms with van der Waals surface area (Å²) in [7, 11) is 0. The lowest BCUT2D eigenvalue weighted by molar-refractivity contribution is 0.0988. The first-order valence-corrected chi connectivity index (χ1v) is 7.21. The molecule has 0 aliphatic carbocycles. The van der Waals surface area contributed by atoms with Crippen LogP contribution in [-0.4, -0.2) is 12.5 Å². The summed E-state index contributed by atoms with van der Waals surface area (Å²) in [6, 6.07) is 16.5. The number of hydrogen-bond acceptors (Lipinski definition) is 3. The van der Waals surface area contributed by atoms with Crippen molar-refractivity contribution >= 4 is 33.2 Å². The Morgan fingerprint density at radius 2 is 1.95 bits per heavy atom. The second kappa shape index (κ2) is 6.91. The molecule has 0 bridgehead atoms. The number of nitriles is 1. The molecule has 0 saturated carbocycles. The summed E-state index contributed by atoms with van der Waals surface area (Å²) in [6.45, 7) is 0.325. The van der Waals surface area contributed by atoms with E-state index in [9.17, 15) is 4.79 Å². The molecule has 4 nitrogen and oxygen atoms in total. The predicted molar refractivity (Wildman–Crippen MR) is 86.9 cm³/mol. The third-order valence-corrected chi connectivity index (χ3v) is 3.50. The van der Waals surface area contributed by atoms with Gasteiger partial charge in [0.1, 0.15) is 0 Å². The molecule has 0 aliphatic rings. The first-order valence-electron chi connectivity index (χ1n) is 6.42. The number of nitrogens with two attached hydrogens (primary N) is 1. The average molecular weight is 344 g/mol. The Bertz CT molecular complexity index is 680. The Morgan fingerprint density at radius 3 is 2.62 bits per heavy atom. The maximum atomic E-state index is 12.7. The van der Waals surface area contributed by atoms with Crippen LogP contribution in [0.5, 0.6) is 0 Å². The molecule has 2 aromatic carbocycles. The Balaban J connectivity index is 2.39. The second-order valence-corrected chi connectivity index (χ2v) is 5.35. The maximum Gasteiger partial charge on any atom is 0.260 e. The third kappa shape index (κ3) is 3.61. The zero-order valence-electron chi connectivity index (χ0n) is 11.3. The summed E-state index contributed by atoms with van der Waals surface area (Å²) in [5, 5.41) is 8.79. The van der Waals surface area contributed by atoms with Crippen molar-refractivity contribution in [1.82, 2.24) is 0 Å². The fourth-order valence-corrected chi connectivity index (χ4v) is 2.34. The van der Waals surface area contributed by atoms with Gasteiger partial charge in [-0.05, 0) is 30.3 Å². The van der Waals surface area contributed by atoms with Gasteiger partial charge < -0.3 is 10.6 Å². The topological polar surface area (TPSA) is 70.1 Å². The number of halogens is 1. The zero-order valence-corrected chi connectivity index (χ0v) is 12.9. The number of anilines is 2. The molecule has 0 saturated heterocycles. The smallest absolute Gasteiger partial charge is 0.260 e. The molecule has 0 spiro atoms. The average Bonchev–Trinajstić information content (AvgIpc) is 2.51. The number of nitrogens with zero attached hydrogens (tertiary/aromatic N) is 2. The van der Waals surface area contributed by atoms with Crippen LogP contribution >= 0.6 is 15.9 Å². The molecular formula is C16H14BrN3O. The van der Waals surface area contributed by atoms with Gasteiger partial charge in [-0.25, -0.2) is 0 Å². The number of para-hydroxylation sites is 1. The SMILES string of the molecule is N#CCCN(C(=O)c1cc(Br)ccc1N)c1ccccc1. The first kappa shape index (κ1) is 15.1. The van der Waals surface area contributed by atoms with Crippen LogP contribution in [0.2, 0.25) is 0 Å². The highest BCUT2D eigenvalue weighted by Gasteiger charge is 2.19. The molecule has 5 heteroatoms. The Labute approximate surface area is 131 Å². The lowest BCUT2D eigenvalue weighted by Gasteiger charge is -2.22. The van der Waals surface area contributed by atoms with Crippen molar-refractivity contribution in [1.29, 1.82) is 5.26 Å². The summed E-state index contributed by atoms with van der Waals surface area (Å²) in [5.41, 5.74) is 7.49.